The quantitative estimate of drug-likeness (QED) is 0.823. The SMILES string of the molecule is COc1cc(OC(F)(F)F)ccc1-c1cnc(NC2CCCCC2)nc1. The van der Waals surface area contributed by atoms with Gasteiger partial charge in [-0.3, -0.25) is 0 Å². The van der Waals surface area contributed by atoms with Crippen molar-refractivity contribution in [1.82, 2.24) is 9.97 Å². The van der Waals surface area contributed by atoms with Crippen LogP contribution in [0.15, 0.2) is 30.6 Å². The first-order valence-electron chi connectivity index (χ1n) is 8.47. The van der Waals surface area contributed by atoms with Gasteiger partial charge in [0.1, 0.15) is 11.5 Å². The van der Waals surface area contributed by atoms with Crippen LogP contribution in [0.2, 0.25) is 0 Å². The predicted molar refractivity (Wildman–Crippen MR) is 91.2 cm³/mol. The van der Waals surface area contributed by atoms with E-state index in [-0.39, 0.29) is 11.5 Å². The first-order chi connectivity index (χ1) is 12.4. The number of alkyl halides is 3. The Bertz CT molecular complexity index is 729. The molecule has 1 aromatic carbocycles. The van der Waals surface area contributed by atoms with Crippen molar-refractivity contribution in [2.45, 2.75) is 44.5 Å². The van der Waals surface area contributed by atoms with E-state index in [1.807, 2.05) is 0 Å². The summed E-state index contributed by atoms with van der Waals surface area (Å²) in [4.78, 5) is 8.63. The molecule has 0 aliphatic heterocycles. The summed E-state index contributed by atoms with van der Waals surface area (Å²) in [7, 11) is 1.38. The summed E-state index contributed by atoms with van der Waals surface area (Å²) in [5.41, 5.74) is 1.24. The van der Waals surface area contributed by atoms with Crippen molar-refractivity contribution in [3.63, 3.8) is 0 Å². The number of nitrogens with zero attached hydrogens (tertiary/aromatic N) is 2. The monoisotopic (exact) mass is 367 g/mol. The van der Waals surface area contributed by atoms with E-state index in [4.69, 9.17) is 4.74 Å². The van der Waals surface area contributed by atoms with Crippen LogP contribution in [0.25, 0.3) is 11.1 Å². The molecule has 5 nitrogen and oxygen atoms in total. The van der Waals surface area contributed by atoms with Crippen LogP contribution in [0.3, 0.4) is 0 Å². The lowest BCUT2D eigenvalue weighted by Gasteiger charge is -2.22. The van der Waals surface area contributed by atoms with E-state index in [0.717, 1.165) is 12.8 Å². The smallest absolute Gasteiger partial charge is 0.496 e. The molecule has 0 unspecified atom stereocenters. The minimum atomic E-state index is -4.75. The second-order valence-electron chi connectivity index (χ2n) is 6.18. The molecule has 8 heteroatoms. The molecule has 1 fully saturated rings. The van der Waals surface area contributed by atoms with Gasteiger partial charge in [-0.2, -0.15) is 0 Å². The van der Waals surface area contributed by atoms with Gasteiger partial charge in [0.2, 0.25) is 5.95 Å². The van der Waals surface area contributed by atoms with Crippen molar-refractivity contribution in [2.24, 2.45) is 0 Å². The van der Waals surface area contributed by atoms with Gasteiger partial charge in [0.25, 0.3) is 0 Å². The molecule has 0 bridgehead atoms. The van der Waals surface area contributed by atoms with Crippen molar-refractivity contribution in [3.8, 4) is 22.6 Å². The number of anilines is 1. The molecular weight excluding hydrogens is 347 g/mol. The van der Waals surface area contributed by atoms with E-state index in [1.54, 1.807) is 12.4 Å². The Balaban J connectivity index is 1.75. The minimum Gasteiger partial charge on any atom is -0.496 e. The van der Waals surface area contributed by atoms with Crippen LogP contribution in [0.4, 0.5) is 19.1 Å². The number of rotatable bonds is 5. The molecule has 2 aromatic rings. The molecule has 1 aliphatic rings. The van der Waals surface area contributed by atoms with E-state index in [9.17, 15) is 13.2 Å². The molecule has 1 aliphatic carbocycles. The number of halogens is 3. The van der Waals surface area contributed by atoms with E-state index >= 15 is 0 Å². The van der Waals surface area contributed by atoms with Crippen molar-refractivity contribution >= 4 is 5.95 Å². The summed E-state index contributed by atoms with van der Waals surface area (Å²) in [5, 5.41) is 3.32. The molecule has 1 N–H and O–H groups in total. The van der Waals surface area contributed by atoms with Gasteiger partial charge < -0.3 is 14.8 Å². The zero-order valence-electron chi connectivity index (χ0n) is 14.3. The van der Waals surface area contributed by atoms with Gasteiger partial charge in [0.15, 0.2) is 0 Å². The Labute approximate surface area is 149 Å². The van der Waals surface area contributed by atoms with Crippen molar-refractivity contribution in [1.29, 1.82) is 0 Å². The first kappa shape index (κ1) is 18.3. The zero-order chi connectivity index (χ0) is 18.6. The third kappa shape index (κ3) is 4.77. The maximum atomic E-state index is 12.3. The molecular formula is C18H20F3N3O2. The molecule has 0 saturated heterocycles. The Morgan fingerprint density at radius 2 is 1.77 bits per heavy atom. The largest absolute Gasteiger partial charge is 0.573 e. The van der Waals surface area contributed by atoms with Crippen molar-refractivity contribution < 1.29 is 22.6 Å². The first-order valence-corrected chi connectivity index (χ1v) is 8.47. The second kappa shape index (κ2) is 7.80. The lowest BCUT2D eigenvalue weighted by Crippen LogP contribution is -2.23. The Morgan fingerprint density at radius 3 is 2.38 bits per heavy atom. The Hall–Kier alpha value is -2.51. The van der Waals surface area contributed by atoms with Crippen LogP contribution in [0.1, 0.15) is 32.1 Å². The van der Waals surface area contributed by atoms with E-state index in [2.05, 4.69) is 20.0 Å². The highest BCUT2D eigenvalue weighted by Gasteiger charge is 2.31. The maximum Gasteiger partial charge on any atom is 0.573 e. The number of hydrogen-bond acceptors (Lipinski definition) is 5. The summed E-state index contributed by atoms with van der Waals surface area (Å²) in [5.74, 6) is 0.467. The molecule has 0 spiro atoms. The summed E-state index contributed by atoms with van der Waals surface area (Å²) in [6, 6.07) is 4.31. The van der Waals surface area contributed by atoms with Gasteiger partial charge in [-0.25, -0.2) is 9.97 Å². The predicted octanol–water partition coefficient (Wildman–Crippen LogP) is 4.80. The summed E-state index contributed by atoms with van der Waals surface area (Å²) < 4.78 is 46.1. The van der Waals surface area contributed by atoms with E-state index in [0.29, 0.717) is 23.1 Å². The lowest BCUT2D eigenvalue weighted by atomic mass is 9.96. The van der Waals surface area contributed by atoms with Crippen LogP contribution in [-0.4, -0.2) is 29.5 Å². The van der Waals surface area contributed by atoms with Crippen molar-refractivity contribution in [2.75, 3.05) is 12.4 Å². The average molecular weight is 367 g/mol. The maximum absolute atomic E-state index is 12.3. The number of aromatic nitrogens is 2. The third-order valence-electron chi connectivity index (χ3n) is 4.31. The molecule has 3 rings (SSSR count). The second-order valence-corrected chi connectivity index (χ2v) is 6.18. The van der Waals surface area contributed by atoms with Crippen LogP contribution in [-0.2, 0) is 0 Å². The number of ether oxygens (including phenoxy) is 2. The van der Waals surface area contributed by atoms with Gasteiger partial charge >= 0.3 is 6.36 Å². The van der Waals surface area contributed by atoms with Crippen molar-refractivity contribution in [3.05, 3.63) is 30.6 Å². The number of nitrogens with one attached hydrogen (secondary N) is 1. The van der Waals surface area contributed by atoms with E-state index < -0.39 is 6.36 Å². The standard InChI is InChI=1S/C18H20F3N3O2/c1-25-16-9-14(26-18(19,20)21)7-8-15(16)12-10-22-17(23-11-12)24-13-5-3-2-4-6-13/h7-11,13H,2-6H2,1H3,(H,22,23,24). The summed E-state index contributed by atoms with van der Waals surface area (Å²) in [6.07, 6.45) is 4.41. The van der Waals surface area contributed by atoms with Crippen LogP contribution < -0.4 is 14.8 Å². The molecule has 1 saturated carbocycles. The van der Waals surface area contributed by atoms with Crippen LogP contribution in [0, 0.1) is 0 Å². The number of methoxy groups -OCH3 is 1. The van der Waals surface area contributed by atoms with Gasteiger partial charge in [-0.1, -0.05) is 19.3 Å². The van der Waals surface area contributed by atoms with Crippen LogP contribution in [0.5, 0.6) is 11.5 Å². The number of hydrogen-bond donors (Lipinski definition) is 1. The fourth-order valence-electron chi connectivity index (χ4n) is 3.08. The molecule has 1 aromatic heterocycles. The normalized spacial score (nSPS) is 15.5. The average Bonchev–Trinajstić information content (AvgIpc) is 2.62. The third-order valence-corrected chi connectivity index (χ3v) is 4.31. The number of benzene rings is 1. The minimum absolute atomic E-state index is 0.253. The topological polar surface area (TPSA) is 56.3 Å². The van der Waals surface area contributed by atoms with Gasteiger partial charge in [-0.15, -0.1) is 13.2 Å². The Kier molecular flexibility index (Phi) is 5.49. The highest BCUT2D eigenvalue weighted by molar-refractivity contribution is 5.70. The van der Waals surface area contributed by atoms with Gasteiger partial charge in [0, 0.05) is 35.6 Å². The molecule has 140 valence electrons. The van der Waals surface area contributed by atoms with E-state index in [1.165, 1.54) is 44.6 Å². The fourth-order valence-corrected chi connectivity index (χ4v) is 3.08. The summed E-state index contributed by atoms with van der Waals surface area (Å²) >= 11 is 0. The Morgan fingerprint density at radius 1 is 1.08 bits per heavy atom. The molecule has 0 amide bonds. The summed E-state index contributed by atoms with van der Waals surface area (Å²) in [6.45, 7) is 0. The lowest BCUT2D eigenvalue weighted by molar-refractivity contribution is -0.274. The highest BCUT2D eigenvalue weighted by atomic mass is 19.4. The fraction of sp³-hybridized carbons (Fsp3) is 0.444. The zero-order valence-corrected chi connectivity index (χ0v) is 14.3. The van der Waals surface area contributed by atoms with Gasteiger partial charge in [0.05, 0.1) is 7.11 Å². The molecule has 0 radical (unpaired) electrons. The van der Waals surface area contributed by atoms with Crippen LogP contribution >= 0.6 is 0 Å². The molecule has 0 atom stereocenters. The molecule has 1 heterocycles. The molecule has 26 heavy (non-hydrogen) atoms. The highest BCUT2D eigenvalue weighted by Crippen LogP contribution is 2.34. The van der Waals surface area contributed by atoms with Gasteiger partial charge in [-0.05, 0) is 25.0 Å².